The minimum Gasteiger partial charge on any atom is -0.478 e. The number of carbonyl (C=O) groups is 1. The zero-order chi connectivity index (χ0) is 14.9. The van der Waals surface area contributed by atoms with Gasteiger partial charge in [-0.15, -0.1) is 0 Å². The molecule has 0 heterocycles. The molecule has 0 radical (unpaired) electrons. The second kappa shape index (κ2) is 5.31. The monoisotopic (exact) mass is 280 g/mol. The predicted molar refractivity (Wildman–Crippen MR) is 77.4 cm³/mol. The van der Waals surface area contributed by atoms with E-state index in [4.69, 9.17) is 10.8 Å². The van der Waals surface area contributed by atoms with Gasteiger partial charge in [0.15, 0.2) is 0 Å². The second-order valence-corrected chi connectivity index (χ2v) is 6.31. The van der Waals surface area contributed by atoms with Crippen molar-refractivity contribution in [2.24, 2.45) is 5.41 Å². The highest BCUT2D eigenvalue weighted by Gasteiger charge is 2.27. The maximum absolute atomic E-state index is 13.9. The van der Waals surface area contributed by atoms with Crippen LogP contribution in [0.5, 0.6) is 0 Å². The van der Waals surface area contributed by atoms with Gasteiger partial charge >= 0.3 is 5.97 Å². The zero-order valence-electron chi connectivity index (χ0n) is 11.9. The largest absolute Gasteiger partial charge is 0.478 e. The van der Waals surface area contributed by atoms with Gasteiger partial charge in [-0.1, -0.05) is 13.8 Å². The summed E-state index contributed by atoms with van der Waals surface area (Å²) in [5.74, 6) is -1.65. The molecule has 1 saturated carbocycles. The van der Waals surface area contributed by atoms with Gasteiger partial charge < -0.3 is 16.2 Å². The van der Waals surface area contributed by atoms with Crippen molar-refractivity contribution in [3.8, 4) is 0 Å². The first-order valence-electron chi connectivity index (χ1n) is 6.87. The van der Waals surface area contributed by atoms with Crippen LogP contribution in [-0.4, -0.2) is 17.1 Å². The highest BCUT2D eigenvalue weighted by Crippen LogP contribution is 2.36. The van der Waals surface area contributed by atoms with E-state index in [0.717, 1.165) is 31.7 Å². The summed E-state index contributed by atoms with van der Waals surface area (Å²) in [5, 5.41) is 12.1. The van der Waals surface area contributed by atoms with E-state index in [1.54, 1.807) is 0 Å². The highest BCUT2D eigenvalue weighted by atomic mass is 19.1. The number of nitrogens with one attached hydrogen (secondary N) is 1. The number of anilines is 2. The number of carboxylic acid groups (broad SMARTS) is 1. The molecular formula is C15H21FN2O2. The van der Waals surface area contributed by atoms with Crippen molar-refractivity contribution in [1.29, 1.82) is 0 Å². The number of rotatable bonds is 3. The van der Waals surface area contributed by atoms with Crippen molar-refractivity contribution in [3.05, 3.63) is 23.5 Å². The Morgan fingerprint density at radius 2 is 2.00 bits per heavy atom. The van der Waals surface area contributed by atoms with Gasteiger partial charge in [-0.25, -0.2) is 9.18 Å². The Labute approximate surface area is 118 Å². The van der Waals surface area contributed by atoms with E-state index < -0.39 is 11.8 Å². The number of nitrogens with two attached hydrogens (primary N) is 1. The Hall–Kier alpha value is -1.78. The fraction of sp³-hybridized carbons (Fsp3) is 0.533. The molecule has 4 N–H and O–H groups in total. The normalized spacial score (nSPS) is 18.8. The number of aromatic carboxylic acids is 1. The van der Waals surface area contributed by atoms with Crippen LogP contribution in [0, 0.1) is 11.2 Å². The number of hydrogen-bond acceptors (Lipinski definition) is 3. The Bertz CT molecular complexity index is 519. The lowest BCUT2D eigenvalue weighted by atomic mass is 9.75. The summed E-state index contributed by atoms with van der Waals surface area (Å²) < 4.78 is 13.9. The molecule has 4 nitrogen and oxygen atoms in total. The topological polar surface area (TPSA) is 75.3 Å². The summed E-state index contributed by atoms with van der Waals surface area (Å²) in [6, 6.07) is 2.54. The van der Waals surface area contributed by atoms with Crippen molar-refractivity contribution in [2.45, 2.75) is 45.6 Å². The van der Waals surface area contributed by atoms with Crippen LogP contribution in [0.3, 0.4) is 0 Å². The van der Waals surface area contributed by atoms with E-state index in [0.29, 0.717) is 5.41 Å². The minimum absolute atomic E-state index is 0.0506. The second-order valence-electron chi connectivity index (χ2n) is 6.31. The molecule has 0 spiro atoms. The molecule has 0 unspecified atom stereocenters. The minimum atomic E-state index is -1.14. The Morgan fingerprint density at radius 1 is 1.40 bits per heavy atom. The quantitative estimate of drug-likeness (QED) is 0.741. The van der Waals surface area contributed by atoms with Crippen molar-refractivity contribution in [2.75, 3.05) is 11.1 Å². The van der Waals surface area contributed by atoms with E-state index in [9.17, 15) is 9.18 Å². The third-order valence-corrected chi connectivity index (χ3v) is 4.07. The van der Waals surface area contributed by atoms with Gasteiger partial charge in [0.05, 0.1) is 11.3 Å². The lowest BCUT2D eigenvalue weighted by Crippen LogP contribution is -2.30. The highest BCUT2D eigenvalue weighted by molar-refractivity contribution is 5.94. The molecule has 110 valence electrons. The van der Waals surface area contributed by atoms with E-state index in [1.807, 2.05) is 0 Å². The van der Waals surface area contributed by atoms with Gasteiger partial charge in [-0.2, -0.15) is 0 Å². The molecular weight excluding hydrogens is 259 g/mol. The van der Waals surface area contributed by atoms with Crippen LogP contribution in [0.2, 0.25) is 0 Å². The molecule has 20 heavy (non-hydrogen) atoms. The molecule has 0 saturated heterocycles. The zero-order valence-corrected chi connectivity index (χ0v) is 11.9. The molecule has 1 aromatic carbocycles. The van der Waals surface area contributed by atoms with Gasteiger partial charge in [0, 0.05) is 11.7 Å². The summed E-state index contributed by atoms with van der Waals surface area (Å²) in [4.78, 5) is 11.0. The summed E-state index contributed by atoms with van der Waals surface area (Å²) in [7, 11) is 0. The summed E-state index contributed by atoms with van der Waals surface area (Å²) in [5.41, 5.74) is 5.96. The first-order chi connectivity index (χ1) is 9.28. The Morgan fingerprint density at radius 3 is 2.55 bits per heavy atom. The smallest absolute Gasteiger partial charge is 0.337 e. The number of halogens is 1. The molecule has 1 fully saturated rings. The molecule has 0 aromatic heterocycles. The number of hydrogen-bond donors (Lipinski definition) is 3. The summed E-state index contributed by atoms with van der Waals surface area (Å²) in [6.45, 7) is 4.46. The van der Waals surface area contributed by atoms with Gasteiger partial charge in [0.2, 0.25) is 0 Å². The molecule has 0 aliphatic heterocycles. The predicted octanol–water partition coefficient (Wildman–Crippen LogP) is 3.49. The third kappa shape index (κ3) is 3.21. The fourth-order valence-electron chi connectivity index (χ4n) is 2.65. The van der Waals surface area contributed by atoms with Gasteiger partial charge in [0.25, 0.3) is 0 Å². The Balaban J connectivity index is 2.14. The van der Waals surface area contributed by atoms with Crippen molar-refractivity contribution in [3.63, 3.8) is 0 Å². The third-order valence-electron chi connectivity index (χ3n) is 4.07. The number of nitrogen functional groups attached to an aromatic ring is 1. The van der Waals surface area contributed by atoms with E-state index in [1.165, 1.54) is 6.07 Å². The molecule has 5 heteroatoms. The summed E-state index contributed by atoms with van der Waals surface area (Å²) in [6.07, 6.45) is 4.07. The van der Waals surface area contributed by atoms with Crippen LogP contribution in [-0.2, 0) is 0 Å². The first-order valence-corrected chi connectivity index (χ1v) is 6.87. The number of carboxylic acids is 1. The van der Waals surface area contributed by atoms with Crippen LogP contribution in [0.1, 0.15) is 49.9 Å². The molecule has 0 bridgehead atoms. The first kappa shape index (κ1) is 14.6. The van der Waals surface area contributed by atoms with Crippen LogP contribution in [0.15, 0.2) is 12.1 Å². The van der Waals surface area contributed by atoms with Crippen molar-refractivity contribution >= 4 is 17.3 Å². The van der Waals surface area contributed by atoms with Crippen LogP contribution in [0.25, 0.3) is 0 Å². The van der Waals surface area contributed by atoms with Crippen LogP contribution in [0.4, 0.5) is 15.8 Å². The van der Waals surface area contributed by atoms with Crippen molar-refractivity contribution < 1.29 is 14.3 Å². The average molecular weight is 280 g/mol. The van der Waals surface area contributed by atoms with E-state index in [2.05, 4.69) is 19.2 Å². The van der Waals surface area contributed by atoms with Gasteiger partial charge in [-0.05, 0) is 43.2 Å². The van der Waals surface area contributed by atoms with E-state index >= 15 is 0 Å². The Kier molecular flexibility index (Phi) is 3.88. The fourth-order valence-corrected chi connectivity index (χ4v) is 2.65. The number of benzene rings is 1. The summed E-state index contributed by atoms with van der Waals surface area (Å²) >= 11 is 0. The maximum atomic E-state index is 13.9. The lowest BCUT2D eigenvalue weighted by Gasteiger charge is -2.35. The van der Waals surface area contributed by atoms with Gasteiger partial charge in [-0.3, -0.25) is 0 Å². The SMILES string of the molecule is CC1(C)CCC(Nc2cc(C(=O)O)c(N)cc2F)CC1. The molecule has 2 rings (SSSR count). The van der Waals surface area contributed by atoms with Crippen LogP contribution >= 0.6 is 0 Å². The standard InChI is InChI=1S/C15H21FN2O2/c1-15(2)5-3-9(4-6-15)18-13-7-10(14(19)20)12(17)8-11(13)16/h7-9,18H,3-6,17H2,1-2H3,(H,19,20). The average Bonchev–Trinajstić information content (AvgIpc) is 2.34. The van der Waals surface area contributed by atoms with Crippen molar-refractivity contribution in [1.82, 2.24) is 0 Å². The van der Waals surface area contributed by atoms with Crippen LogP contribution < -0.4 is 11.1 Å². The molecule has 0 atom stereocenters. The molecule has 1 aliphatic carbocycles. The van der Waals surface area contributed by atoms with E-state index in [-0.39, 0.29) is 23.0 Å². The lowest BCUT2D eigenvalue weighted by molar-refractivity contribution is 0.0698. The molecule has 0 amide bonds. The molecule has 1 aliphatic rings. The maximum Gasteiger partial charge on any atom is 0.337 e. The molecule has 1 aromatic rings. The van der Waals surface area contributed by atoms with Gasteiger partial charge in [0.1, 0.15) is 5.82 Å².